The zero-order chi connectivity index (χ0) is 19.8. The molecule has 1 aliphatic heterocycles. The SMILES string of the molecule is COc1ccc(CCNC(=O)CN2CCN(c3nccnc3C#N)CC2)cc1. The Morgan fingerprint density at radius 2 is 1.89 bits per heavy atom. The number of rotatable bonds is 7. The van der Waals surface area contributed by atoms with Gasteiger partial charge in [0.2, 0.25) is 5.91 Å². The molecule has 28 heavy (non-hydrogen) atoms. The predicted molar refractivity (Wildman–Crippen MR) is 105 cm³/mol. The molecule has 1 aliphatic rings. The van der Waals surface area contributed by atoms with E-state index in [9.17, 15) is 4.79 Å². The molecule has 1 aromatic carbocycles. The van der Waals surface area contributed by atoms with Gasteiger partial charge in [0, 0.05) is 45.1 Å². The molecule has 8 heteroatoms. The van der Waals surface area contributed by atoms with Crippen LogP contribution in [0.15, 0.2) is 36.7 Å². The Hall–Kier alpha value is -3.18. The molecule has 1 saturated heterocycles. The van der Waals surface area contributed by atoms with Crippen LogP contribution in [0.3, 0.4) is 0 Å². The van der Waals surface area contributed by atoms with E-state index in [4.69, 9.17) is 10.00 Å². The van der Waals surface area contributed by atoms with Crippen LogP contribution in [0, 0.1) is 11.3 Å². The maximum atomic E-state index is 12.2. The minimum Gasteiger partial charge on any atom is -0.497 e. The van der Waals surface area contributed by atoms with Crippen LogP contribution in [0.5, 0.6) is 5.75 Å². The van der Waals surface area contributed by atoms with Crippen LogP contribution in [0.2, 0.25) is 0 Å². The van der Waals surface area contributed by atoms with Crippen molar-refractivity contribution in [2.75, 3.05) is 51.3 Å². The number of nitrogens with one attached hydrogen (secondary N) is 1. The smallest absolute Gasteiger partial charge is 0.234 e. The topological polar surface area (TPSA) is 94.4 Å². The summed E-state index contributed by atoms with van der Waals surface area (Å²) in [5.41, 5.74) is 1.50. The zero-order valence-corrected chi connectivity index (χ0v) is 16.0. The second-order valence-electron chi connectivity index (χ2n) is 6.55. The highest BCUT2D eigenvalue weighted by atomic mass is 16.5. The van der Waals surface area contributed by atoms with E-state index in [1.54, 1.807) is 13.3 Å². The first-order valence-corrected chi connectivity index (χ1v) is 9.27. The van der Waals surface area contributed by atoms with Crippen molar-refractivity contribution in [3.63, 3.8) is 0 Å². The number of hydrogen-bond acceptors (Lipinski definition) is 7. The van der Waals surface area contributed by atoms with Crippen molar-refractivity contribution in [1.29, 1.82) is 5.26 Å². The summed E-state index contributed by atoms with van der Waals surface area (Å²) in [7, 11) is 1.64. The number of hydrogen-bond donors (Lipinski definition) is 1. The van der Waals surface area contributed by atoms with Crippen LogP contribution in [0.25, 0.3) is 0 Å². The van der Waals surface area contributed by atoms with E-state index in [0.29, 0.717) is 37.7 Å². The summed E-state index contributed by atoms with van der Waals surface area (Å²) < 4.78 is 5.14. The lowest BCUT2D eigenvalue weighted by Crippen LogP contribution is -2.50. The Labute approximate surface area is 164 Å². The van der Waals surface area contributed by atoms with Gasteiger partial charge in [0.25, 0.3) is 0 Å². The number of anilines is 1. The van der Waals surface area contributed by atoms with E-state index in [0.717, 1.165) is 30.8 Å². The van der Waals surface area contributed by atoms with Gasteiger partial charge >= 0.3 is 0 Å². The lowest BCUT2D eigenvalue weighted by atomic mass is 10.1. The molecule has 0 spiro atoms. The number of carbonyl (C=O) groups is 1. The van der Waals surface area contributed by atoms with Gasteiger partial charge in [-0.1, -0.05) is 12.1 Å². The highest BCUT2D eigenvalue weighted by Crippen LogP contribution is 2.16. The average Bonchev–Trinajstić information content (AvgIpc) is 2.75. The van der Waals surface area contributed by atoms with Crippen LogP contribution >= 0.6 is 0 Å². The van der Waals surface area contributed by atoms with Gasteiger partial charge in [0.1, 0.15) is 11.8 Å². The fourth-order valence-corrected chi connectivity index (χ4v) is 3.16. The fourth-order valence-electron chi connectivity index (χ4n) is 3.16. The van der Waals surface area contributed by atoms with Crippen LogP contribution in [0.4, 0.5) is 5.82 Å². The van der Waals surface area contributed by atoms with Crippen molar-refractivity contribution < 1.29 is 9.53 Å². The first-order valence-electron chi connectivity index (χ1n) is 9.27. The van der Waals surface area contributed by atoms with E-state index in [1.807, 2.05) is 29.2 Å². The van der Waals surface area contributed by atoms with E-state index in [1.165, 1.54) is 6.20 Å². The van der Waals surface area contributed by atoms with Gasteiger partial charge in [-0.2, -0.15) is 5.26 Å². The molecule has 146 valence electrons. The maximum absolute atomic E-state index is 12.2. The third kappa shape index (κ3) is 5.18. The number of methoxy groups -OCH3 is 1. The number of nitrogens with zero attached hydrogens (tertiary/aromatic N) is 5. The molecule has 1 aromatic heterocycles. The van der Waals surface area contributed by atoms with E-state index in [2.05, 4.69) is 26.3 Å². The second kappa shape index (κ2) is 9.67. The van der Waals surface area contributed by atoms with E-state index >= 15 is 0 Å². The number of benzene rings is 1. The maximum Gasteiger partial charge on any atom is 0.234 e. The quantitative estimate of drug-likeness (QED) is 0.760. The molecule has 0 aliphatic carbocycles. The first kappa shape index (κ1) is 19.6. The minimum absolute atomic E-state index is 0.0270. The molecule has 3 rings (SSSR count). The molecular weight excluding hydrogens is 356 g/mol. The summed E-state index contributed by atoms with van der Waals surface area (Å²) in [4.78, 5) is 24.7. The Morgan fingerprint density at radius 3 is 2.57 bits per heavy atom. The van der Waals surface area contributed by atoms with Crippen molar-refractivity contribution in [3.05, 3.63) is 47.9 Å². The Balaban J connectivity index is 1.39. The third-order valence-electron chi connectivity index (χ3n) is 4.72. The third-order valence-corrected chi connectivity index (χ3v) is 4.72. The van der Waals surface area contributed by atoms with E-state index < -0.39 is 0 Å². The largest absolute Gasteiger partial charge is 0.497 e. The summed E-state index contributed by atoms with van der Waals surface area (Å²) in [5, 5.41) is 12.1. The van der Waals surface area contributed by atoms with Gasteiger partial charge in [0.15, 0.2) is 11.5 Å². The Bertz CT molecular complexity index is 825. The summed E-state index contributed by atoms with van der Waals surface area (Å²) in [6.07, 6.45) is 3.90. The highest BCUT2D eigenvalue weighted by molar-refractivity contribution is 5.78. The van der Waals surface area contributed by atoms with Crippen molar-refractivity contribution in [3.8, 4) is 11.8 Å². The van der Waals surface area contributed by atoms with Gasteiger partial charge in [-0.25, -0.2) is 9.97 Å². The van der Waals surface area contributed by atoms with Crippen LogP contribution in [0.1, 0.15) is 11.3 Å². The molecular formula is C20H24N6O2. The molecule has 1 fully saturated rings. The molecule has 2 heterocycles. The average molecular weight is 380 g/mol. The van der Waals surface area contributed by atoms with Crippen molar-refractivity contribution in [2.24, 2.45) is 0 Å². The van der Waals surface area contributed by atoms with Gasteiger partial charge in [0.05, 0.1) is 13.7 Å². The summed E-state index contributed by atoms with van der Waals surface area (Å²) in [6, 6.07) is 9.94. The standard InChI is InChI=1S/C20H24N6O2/c1-28-17-4-2-16(3-5-17)6-7-23-19(27)15-25-10-12-26(13-11-25)20-18(14-21)22-8-9-24-20/h2-5,8-9H,6-7,10-13,15H2,1H3,(H,23,27). The lowest BCUT2D eigenvalue weighted by Gasteiger charge is -2.35. The van der Waals surface area contributed by atoms with Crippen LogP contribution in [-0.4, -0.2) is 67.2 Å². The molecule has 0 bridgehead atoms. The summed E-state index contributed by atoms with van der Waals surface area (Å²) >= 11 is 0. The van der Waals surface area contributed by atoms with Gasteiger partial charge in [-0.15, -0.1) is 0 Å². The van der Waals surface area contributed by atoms with Gasteiger partial charge in [-0.05, 0) is 24.1 Å². The Morgan fingerprint density at radius 1 is 1.18 bits per heavy atom. The molecule has 1 amide bonds. The molecule has 0 saturated carbocycles. The van der Waals surface area contributed by atoms with Crippen LogP contribution < -0.4 is 15.0 Å². The van der Waals surface area contributed by atoms with Crippen LogP contribution in [-0.2, 0) is 11.2 Å². The highest BCUT2D eigenvalue weighted by Gasteiger charge is 2.22. The van der Waals surface area contributed by atoms with Gasteiger partial charge in [-0.3, -0.25) is 9.69 Å². The fraction of sp³-hybridized carbons (Fsp3) is 0.400. The minimum atomic E-state index is 0.0270. The van der Waals surface area contributed by atoms with E-state index in [-0.39, 0.29) is 5.91 Å². The first-order chi connectivity index (χ1) is 13.7. The predicted octanol–water partition coefficient (Wildman–Crippen LogP) is 0.838. The monoisotopic (exact) mass is 380 g/mol. The Kier molecular flexibility index (Phi) is 6.76. The molecule has 0 radical (unpaired) electrons. The van der Waals surface area contributed by atoms with Crippen molar-refractivity contribution >= 4 is 11.7 Å². The normalized spacial score (nSPS) is 14.4. The molecule has 0 unspecified atom stereocenters. The summed E-state index contributed by atoms with van der Waals surface area (Å²) in [6.45, 7) is 3.90. The number of ether oxygens (including phenoxy) is 1. The van der Waals surface area contributed by atoms with Gasteiger partial charge < -0.3 is 15.0 Å². The number of aromatic nitrogens is 2. The lowest BCUT2D eigenvalue weighted by molar-refractivity contribution is -0.122. The molecule has 0 atom stereocenters. The molecule has 1 N–H and O–H groups in total. The summed E-state index contributed by atoms with van der Waals surface area (Å²) in [5.74, 6) is 1.48. The number of nitriles is 1. The number of amides is 1. The van der Waals surface area contributed by atoms with Crippen molar-refractivity contribution in [1.82, 2.24) is 20.2 Å². The second-order valence-corrected chi connectivity index (χ2v) is 6.55. The van der Waals surface area contributed by atoms with Crippen molar-refractivity contribution in [2.45, 2.75) is 6.42 Å². The zero-order valence-electron chi connectivity index (χ0n) is 16.0. The molecule has 2 aromatic rings. The number of carbonyl (C=O) groups excluding carboxylic acids is 1. The molecule has 8 nitrogen and oxygen atoms in total. The number of piperazine rings is 1.